The third-order valence-corrected chi connectivity index (χ3v) is 14.2. The van der Waals surface area contributed by atoms with Crippen LogP contribution in [-0.4, -0.2) is 36.8 Å². The van der Waals surface area contributed by atoms with Crippen LogP contribution in [0.2, 0.25) is 0 Å². The third kappa shape index (κ3) is 7.51. The highest BCUT2D eigenvalue weighted by Gasteiger charge is 2.34. The molecule has 0 fully saturated rings. The number of hydrogen-bond donors (Lipinski definition) is 1. The lowest BCUT2D eigenvalue weighted by molar-refractivity contribution is 0.0883. The van der Waals surface area contributed by atoms with Gasteiger partial charge in [0.15, 0.2) is 0 Å². The summed E-state index contributed by atoms with van der Waals surface area (Å²) in [6.07, 6.45) is 2.56. The minimum atomic E-state index is -0.905. The molecule has 0 amide bonds. The Morgan fingerprint density at radius 2 is 1.06 bits per heavy atom. The first kappa shape index (κ1) is 33.2. The Labute approximate surface area is 293 Å². The van der Waals surface area contributed by atoms with Crippen LogP contribution >= 0.6 is 15.8 Å². The van der Waals surface area contributed by atoms with Gasteiger partial charge in [-0.3, -0.25) is 0 Å². The van der Waals surface area contributed by atoms with E-state index in [0.717, 1.165) is 42.4 Å². The van der Waals surface area contributed by atoms with E-state index < -0.39 is 15.8 Å². The fourth-order valence-corrected chi connectivity index (χ4v) is 11.9. The van der Waals surface area contributed by atoms with Gasteiger partial charge in [-0.05, 0) is 81.5 Å². The standard InChI is InChI=1S/C44H43NO2P2/c1-45(2)32-35-31-34-18-16-28-42(49(38-23-11-5-12-24-38)39-25-13-6-14-26-39)44(34)47-40(35)30-29-33-17-15-27-41(43(33)46)48(36-19-7-3-8-20-36)37-21-9-4-10-22-37/h3-28,35,40,46H,29-32H2,1-2H3. The number of aromatic hydroxyl groups is 1. The van der Waals surface area contributed by atoms with Crippen molar-refractivity contribution in [1.82, 2.24) is 4.90 Å². The number of rotatable bonds is 11. The molecule has 2 atom stereocenters. The molecule has 0 radical (unpaired) electrons. The molecule has 3 nitrogen and oxygen atoms in total. The quantitative estimate of drug-likeness (QED) is 0.150. The van der Waals surface area contributed by atoms with Crippen LogP contribution in [0.1, 0.15) is 17.5 Å². The Morgan fingerprint density at radius 1 is 0.592 bits per heavy atom. The van der Waals surface area contributed by atoms with Crippen molar-refractivity contribution in [2.24, 2.45) is 5.92 Å². The van der Waals surface area contributed by atoms with Gasteiger partial charge in [-0.25, -0.2) is 0 Å². The summed E-state index contributed by atoms with van der Waals surface area (Å²) in [5.74, 6) is 1.81. The molecule has 6 aromatic carbocycles. The van der Waals surface area contributed by atoms with Gasteiger partial charge in [0.2, 0.25) is 0 Å². The Kier molecular flexibility index (Phi) is 10.5. The van der Waals surface area contributed by atoms with Crippen molar-refractivity contribution < 1.29 is 9.84 Å². The van der Waals surface area contributed by atoms with Crippen LogP contribution in [0.4, 0.5) is 0 Å². The van der Waals surface area contributed by atoms with Gasteiger partial charge in [0.25, 0.3) is 0 Å². The van der Waals surface area contributed by atoms with Crippen molar-refractivity contribution in [1.29, 1.82) is 0 Å². The molecule has 0 aliphatic carbocycles. The van der Waals surface area contributed by atoms with E-state index in [1.807, 2.05) is 0 Å². The van der Waals surface area contributed by atoms with Crippen LogP contribution < -0.4 is 36.6 Å². The minimum Gasteiger partial charge on any atom is -0.507 e. The molecule has 49 heavy (non-hydrogen) atoms. The number of benzene rings is 6. The van der Waals surface area contributed by atoms with Crippen LogP contribution in [-0.2, 0) is 12.8 Å². The maximum atomic E-state index is 11.9. The number of ether oxygens (including phenoxy) is 1. The Bertz CT molecular complexity index is 1870. The molecule has 0 saturated carbocycles. The predicted octanol–water partition coefficient (Wildman–Crippen LogP) is 7.02. The van der Waals surface area contributed by atoms with Crippen molar-refractivity contribution >= 4 is 47.7 Å². The molecule has 0 spiro atoms. The van der Waals surface area contributed by atoms with E-state index in [2.05, 4.69) is 177 Å². The van der Waals surface area contributed by atoms with Crippen LogP contribution in [0.15, 0.2) is 158 Å². The molecule has 1 aliphatic heterocycles. The van der Waals surface area contributed by atoms with Gasteiger partial charge >= 0.3 is 0 Å². The smallest absolute Gasteiger partial charge is 0.131 e. The molecule has 7 rings (SSSR count). The summed E-state index contributed by atoms with van der Waals surface area (Å²) in [5, 5.41) is 19.3. The highest BCUT2D eigenvalue weighted by atomic mass is 31.1. The number of nitrogens with zero attached hydrogens (tertiary/aromatic N) is 1. The zero-order valence-electron chi connectivity index (χ0n) is 28.2. The number of aryl methyl sites for hydroxylation is 1. The zero-order valence-corrected chi connectivity index (χ0v) is 30.0. The van der Waals surface area contributed by atoms with Crippen LogP contribution in [0.3, 0.4) is 0 Å². The van der Waals surface area contributed by atoms with E-state index in [1.165, 1.54) is 32.1 Å². The molecule has 246 valence electrons. The number of hydrogen-bond acceptors (Lipinski definition) is 3. The summed E-state index contributed by atoms with van der Waals surface area (Å²) in [5.41, 5.74) is 2.28. The molecule has 1 heterocycles. The monoisotopic (exact) mass is 679 g/mol. The number of fused-ring (bicyclic) bond motifs is 1. The van der Waals surface area contributed by atoms with Gasteiger partial charge in [-0.2, -0.15) is 0 Å². The topological polar surface area (TPSA) is 32.7 Å². The molecular formula is C44H43NO2P2. The maximum absolute atomic E-state index is 11.9. The molecule has 6 aromatic rings. The highest BCUT2D eigenvalue weighted by molar-refractivity contribution is 7.80. The highest BCUT2D eigenvalue weighted by Crippen LogP contribution is 2.42. The summed E-state index contributed by atoms with van der Waals surface area (Å²) >= 11 is 0. The van der Waals surface area contributed by atoms with Crippen molar-refractivity contribution in [3.63, 3.8) is 0 Å². The zero-order chi connectivity index (χ0) is 33.6. The summed E-state index contributed by atoms with van der Waals surface area (Å²) < 4.78 is 7.19. The Morgan fingerprint density at radius 3 is 1.57 bits per heavy atom. The van der Waals surface area contributed by atoms with Crippen molar-refractivity contribution in [2.45, 2.75) is 25.4 Å². The molecule has 1 N–H and O–H groups in total. The number of para-hydroxylation sites is 2. The van der Waals surface area contributed by atoms with E-state index in [1.54, 1.807) is 0 Å². The number of phenols is 1. The van der Waals surface area contributed by atoms with Gasteiger partial charge in [-0.15, -0.1) is 0 Å². The fourth-order valence-electron chi connectivity index (χ4n) is 7.07. The molecule has 1 aliphatic rings. The van der Waals surface area contributed by atoms with Crippen LogP contribution in [0, 0.1) is 5.92 Å². The second-order valence-corrected chi connectivity index (χ2v) is 17.4. The Balaban J connectivity index is 1.22. The van der Waals surface area contributed by atoms with Crippen molar-refractivity contribution in [2.75, 3.05) is 20.6 Å². The third-order valence-electron chi connectivity index (χ3n) is 9.29. The fraction of sp³-hybridized carbons (Fsp3) is 0.182. The second-order valence-electron chi connectivity index (χ2n) is 13.0. The largest absolute Gasteiger partial charge is 0.507 e. The lowest BCUT2D eigenvalue weighted by atomic mass is 9.87. The first-order chi connectivity index (χ1) is 24.1. The van der Waals surface area contributed by atoms with Gasteiger partial charge in [0, 0.05) is 23.1 Å². The molecular weight excluding hydrogens is 636 g/mol. The van der Waals surface area contributed by atoms with Crippen LogP contribution in [0.5, 0.6) is 11.5 Å². The average Bonchev–Trinajstić information content (AvgIpc) is 3.14. The minimum absolute atomic E-state index is 0.0206. The normalized spacial score (nSPS) is 15.7. The first-order valence-corrected chi connectivity index (χ1v) is 19.8. The van der Waals surface area contributed by atoms with Crippen molar-refractivity contribution in [3.05, 3.63) is 169 Å². The van der Waals surface area contributed by atoms with Gasteiger partial charge in [-0.1, -0.05) is 158 Å². The lowest BCUT2D eigenvalue weighted by Crippen LogP contribution is -2.41. The molecule has 0 saturated heterocycles. The van der Waals surface area contributed by atoms with E-state index in [0.29, 0.717) is 11.7 Å². The first-order valence-electron chi connectivity index (χ1n) is 17.1. The van der Waals surface area contributed by atoms with Gasteiger partial charge in [0.1, 0.15) is 17.6 Å². The second kappa shape index (κ2) is 15.5. The summed E-state index contributed by atoms with van der Waals surface area (Å²) in [4.78, 5) is 2.28. The lowest BCUT2D eigenvalue weighted by Gasteiger charge is -2.37. The van der Waals surface area contributed by atoms with Crippen molar-refractivity contribution in [3.8, 4) is 11.5 Å². The molecule has 0 bridgehead atoms. The molecule has 5 heteroatoms. The van der Waals surface area contributed by atoms with E-state index >= 15 is 0 Å². The summed E-state index contributed by atoms with van der Waals surface area (Å²) in [6, 6.07) is 56.0. The SMILES string of the molecule is CN(C)CC1Cc2cccc(P(c3ccccc3)c3ccccc3)c2OC1CCc1cccc(P(c2ccccc2)c2ccccc2)c1O. The number of phenolic OH excluding ortho intramolecular Hbond substituents is 1. The summed E-state index contributed by atoms with van der Waals surface area (Å²) in [6.45, 7) is 0.944. The predicted molar refractivity (Wildman–Crippen MR) is 210 cm³/mol. The summed E-state index contributed by atoms with van der Waals surface area (Å²) in [7, 11) is 2.60. The van der Waals surface area contributed by atoms with Gasteiger partial charge in [0.05, 0.1) is 0 Å². The molecule has 2 unspecified atom stereocenters. The van der Waals surface area contributed by atoms with E-state index in [-0.39, 0.29) is 6.10 Å². The van der Waals surface area contributed by atoms with Crippen LogP contribution in [0.25, 0.3) is 0 Å². The maximum Gasteiger partial charge on any atom is 0.131 e. The Hall–Kier alpha value is -4.26. The van der Waals surface area contributed by atoms with Gasteiger partial charge < -0.3 is 14.7 Å². The average molecular weight is 680 g/mol. The molecule has 0 aromatic heterocycles. The van der Waals surface area contributed by atoms with E-state index in [4.69, 9.17) is 4.74 Å². The van der Waals surface area contributed by atoms with E-state index in [9.17, 15) is 5.11 Å².